The van der Waals surface area contributed by atoms with E-state index < -0.39 is 0 Å². The third-order valence-electron chi connectivity index (χ3n) is 1.71. The Bertz CT molecular complexity index is 261. The van der Waals surface area contributed by atoms with Gasteiger partial charge in [0.05, 0.1) is 0 Å². The zero-order chi connectivity index (χ0) is 8.97. The Morgan fingerprint density at radius 3 is 3.00 bits per heavy atom. The van der Waals surface area contributed by atoms with Gasteiger partial charge in [0.15, 0.2) is 0 Å². The Balaban J connectivity index is 2.82. The fourth-order valence-corrected chi connectivity index (χ4v) is 1.23. The first-order valence-electron chi connectivity index (χ1n) is 4.01. The van der Waals surface area contributed by atoms with Crippen LogP contribution in [-0.2, 0) is 4.79 Å². The Morgan fingerprint density at radius 2 is 2.33 bits per heavy atom. The molecule has 1 rings (SSSR count). The van der Waals surface area contributed by atoms with Crippen molar-refractivity contribution in [2.45, 2.75) is 13.8 Å². The van der Waals surface area contributed by atoms with Gasteiger partial charge in [-0.05, 0) is 25.0 Å². The third-order valence-corrected chi connectivity index (χ3v) is 1.71. The summed E-state index contributed by atoms with van der Waals surface area (Å²) in [4.78, 5) is 10.2. The van der Waals surface area contributed by atoms with Gasteiger partial charge in [-0.3, -0.25) is 4.79 Å². The molecule has 0 radical (unpaired) electrons. The molecular formula is C10H13NO. The number of carbonyl (C=O) groups excluding carboxylic acids is 1. The van der Waals surface area contributed by atoms with E-state index in [1.165, 1.54) is 5.57 Å². The molecule has 1 atom stereocenters. The van der Waals surface area contributed by atoms with Gasteiger partial charge in [0.2, 0.25) is 6.41 Å². The van der Waals surface area contributed by atoms with E-state index in [1.807, 2.05) is 19.1 Å². The van der Waals surface area contributed by atoms with Gasteiger partial charge in [-0.15, -0.1) is 0 Å². The van der Waals surface area contributed by atoms with Crippen molar-refractivity contribution in [2.24, 2.45) is 5.92 Å². The van der Waals surface area contributed by atoms with Gasteiger partial charge in [-0.1, -0.05) is 24.6 Å². The average molecular weight is 163 g/mol. The van der Waals surface area contributed by atoms with Crippen LogP contribution >= 0.6 is 0 Å². The summed E-state index contributed by atoms with van der Waals surface area (Å²) in [5.74, 6) is 0.437. The highest BCUT2D eigenvalue weighted by Crippen LogP contribution is 2.12. The van der Waals surface area contributed by atoms with Crippen LogP contribution in [0, 0.1) is 5.92 Å². The molecule has 0 aromatic heterocycles. The van der Waals surface area contributed by atoms with E-state index in [4.69, 9.17) is 0 Å². The van der Waals surface area contributed by atoms with Crippen LogP contribution in [0.1, 0.15) is 13.8 Å². The quantitative estimate of drug-likeness (QED) is 0.617. The molecule has 0 heterocycles. The van der Waals surface area contributed by atoms with E-state index in [0.29, 0.717) is 12.3 Å². The maximum Gasteiger partial charge on any atom is 0.211 e. The molecule has 2 nitrogen and oxygen atoms in total. The molecule has 0 aromatic carbocycles. The monoisotopic (exact) mass is 163 g/mol. The minimum Gasteiger partial charge on any atom is -0.329 e. The summed E-state index contributed by atoms with van der Waals surface area (Å²) in [6.45, 7) is 4.13. The minimum absolute atomic E-state index is 0.437. The predicted octanol–water partition coefficient (Wildman–Crippen LogP) is 1.77. The zero-order valence-electron chi connectivity index (χ0n) is 7.37. The molecule has 2 heteroatoms. The summed E-state index contributed by atoms with van der Waals surface area (Å²) in [7, 11) is 0. The highest BCUT2D eigenvalue weighted by molar-refractivity contribution is 5.53. The van der Waals surface area contributed by atoms with E-state index in [2.05, 4.69) is 24.4 Å². The molecular weight excluding hydrogens is 150 g/mol. The highest BCUT2D eigenvalue weighted by atomic mass is 16.1. The van der Waals surface area contributed by atoms with Crippen molar-refractivity contribution in [2.75, 3.05) is 0 Å². The van der Waals surface area contributed by atoms with Crippen LogP contribution in [-0.4, -0.2) is 6.41 Å². The molecule has 0 saturated carbocycles. The smallest absolute Gasteiger partial charge is 0.211 e. The van der Waals surface area contributed by atoms with Crippen LogP contribution in [0.5, 0.6) is 0 Å². The van der Waals surface area contributed by atoms with Crippen molar-refractivity contribution in [3.8, 4) is 0 Å². The fourth-order valence-electron chi connectivity index (χ4n) is 1.23. The lowest BCUT2D eigenvalue weighted by Gasteiger charge is -1.96. The molecule has 0 bridgehead atoms. The fraction of sp³-hybridized carbons (Fsp3) is 0.300. The number of amides is 1. The summed E-state index contributed by atoms with van der Waals surface area (Å²) in [6, 6.07) is 0. The standard InChI is InChI=1S/C10H13NO/c1-8-3-4-10(11-7-12)6-9(2)5-8/h3-8H,1-2H3,(H,11,12). The van der Waals surface area contributed by atoms with Crippen molar-refractivity contribution in [1.82, 2.24) is 5.32 Å². The molecule has 0 aliphatic heterocycles. The Morgan fingerprint density at radius 1 is 1.58 bits per heavy atom. The normalized spacial score (nSPS) is 22.3. The molecule has 0 aromatic rings. The SMILES string of the molecule is CC1=CC(C)C=CC(NC=O)=C1. The minimum atomic E-state index is 0.437. The molecule has 64 valence electrons. The summed E-state index contributed by atoms with van der Waals surface area (Å²) in [5, 5.41) is 2.63. The molecule has 1 amide bonds. The van der Waals surface area contributed by atoms with Gasteiger partial charge in [0, 0.05) is 5.70 Å². The average Bonchev–Trinajstić information content (AvgIpc) is 2.13. The van der Waals surface area contributed by atoms with E-state index in [-0.39, 0.29) is 0 Å². The van der Waals surface area contributed by atoms with E-state index in [0.717, 1.165) is 5.70 Å². The first-order chi connectivity index (χ1) is 5.72. The summed E-state index contributed by atoms with van der Waals surface area (Å²) in [6.07, 6.45) is 8.77. The number of allylic oxidation sites excluding steroid dienone is 5. The van der Waals surface area contributed by atoms with Gasteiger partial charge in [-0.25, -0.2) is 0 Å². The Kier molecular flexibility index (Phi) is 2.86. The summed E-state index contributed by atoms with van der Waals surface area (Å²) in [5.41, 5.74) is 2.03. The highest BCUT2D eigenvalue weighted by Gasteiger charge is 1.99. The molecule has 1 aliphatic rings. The summed E-state index contributed by atoms with van der Waals surface area (Å²) < 4.78 is 0. The van der Waals surface area contributed by atoms with Crippen molar-refractivity contribution in [1.29, 1.82) is 0 Å². The van der Waals surface area contributed by atoms with Crippen molar-refractivity contribution >= 4 is 6.41 Å². The van der Waals surface area contributed by atoms with Crippen LogP contribution < -0.4 is 5.32 Å². The molecule has 0 spiro atoms. The second-order valence-corrected chi connectivity index (χ2v) is 2.99. The van der Waals surface area contributed by atoms with E-state index in [9.17, 15) is 4.79 Å². The number of hydrogen-bond acceptors (Lipinski definition) is 1. The maximum absolute atomic E-state index is 10.2. The maximum atomic E-state index is 10.2. The second kappa shape index (κ2) is 3.90. The van der Waals surface area contributed by atoms with E-state index >= 15 is 0 Å². The zero-order valence-corrected chi connectivity index (χ0v) is 7.37. The van der Waals surface area contributed by atoms with Crippen LogP contribution in [0.25, 0.3) is 0 Å². The van der Waals surface area contributed by atoms with Crippen molar-refractivity contribution in [3.63, 3.8) is 0 Å². The summed E-state index contributed by atoms with van der Waals surface area (Å²) >= 11 is 0. The number of rotatable bonds is 2. The predicted molar refractivity (Wildman–Crippen MR) is 49.3 cm³/mol. The van der Waals surface area contributed by atoms with Crippen molar-refractivity contribution in [3.05, 3.63) is 35.6 Å². The third kappa shape index (κ3) is 2.38. The van der Waals surface area contributed by atoms with Gasteiger partial charge in [0.25, 0.3) is 0 Å². The molecule has 1 aliphatic carbocycles. The van der Waals surface area contributed by atoms with Gasteiger partial charge in [0.1, 0.15) is 0 Å². The first kappa shape index (κ1) is 8.78. The Hall–Kier alpha value is -1.31. The van der Waals surface area contributed by atoms with Crippen LogP contribution in [0.4, 0.5) is 0 Å². The molecule has 1 N–H and O–H groups in total. The largest absolute Gasteiger partial charge is 0.329 e. The lowest BCUT2D eigenvalue weighted by Crippen LogP contribution is -2.07. The first-order valence-corrected chi connectivity index (χ1v) is 4.01. The van der Waals surface area contributed by atoms with Gasteiger partial charge < -0.3 is 5.32 Å². The lowest BCUT2D eigenvalue weighted by molar-refractivity contribution is -0.108. The van der Waals surface area contributed by atoms with Crippen molar-refractivity contribution < 1.29 is 4.79 Å². The van der Waals surface area contributed by atoms with Crippen LogP contribution in [0.3, 0.4) is 0 Å². The second-order valence-electron chi connectivity index (χ2n) is 2.99. The van der Waals surface area contributed by atoms with E-state index in [1.54, 1.807) is 0 Å². The van der Waals surface area contributed by atoms with Gasteiger partial charge in [-0.2, -0.15) is 0 Å². The molecule has 12 heavy (non-hydrogen) atoms. The van der Waals surface area contributed by atoms with Crippen LogP contribution in [0.2, 0.25) is 0 Å². The Labute approximate surface area is 72.7 Å². The number of nitrogens with one attached hydrogen (secondary N) is 1. The van der Waals surface area contributed by atoms with Gasteiger partial charge >= 0.3 is 0 Å². The number of carbonyl (C=O) groups is 1. The van der Waals surface area contributed by atoms with Crippen LogP contribution in [0.15, 0.2) is 35.6 Å². The lowest BCUT2D eigenvalue weighted by atomic mass is 10.1. The topological polar surface area (TPSA) is 29.1 Å². The molecule has 0 saturated heterocycles. The molecule has 1 unspecified atom stereocenters. The number of hydrogen-bond donors (Lipinski definition) is 1. The molecule has 0 fully saturated rings.